The lowest BCUT2D eigenvalue weighted by Gasteiger charge is -2.39. The van der Waals surface area contributed by atoms with E-state index in [-0.39, 0.29) is 11.9 Å². The van der Waals surface area contributed by atoms with Crippen LogP contribution in [0.25, 0.3) is 0 Å². The molecule has 1 fully saturated rings. The molecule has 0 radical (unpaired) electrons. The Hall–Kier alpha value is -0.870. The Morgan fingerprint density at radius 3 is 2.90 bits per heavy atom. The highest BCUT2D eigenvalue weighted by Gasteiger charge is 2.27. The molecule has 2 heterocycles. The predicted octanol–water partition coefficient (Wildman–Crippen LogP) is 2.07. The van der Waals surface area contributed by atoms with Gasteiger partial charge in [-0.15, -0.1) is 0 Å². The Labute approximate surface area is 129 Å². The molecule has 2 aliphatic rings. The summed E-state index contributed by atoms with van der Waals surface area (Å²) >= 11 is 0. The molecule has 0 aromatic carbocycles. The molecule has 1 amide bonds. The van der Waals surface area contributed by atoms with Gasteiger partial charge in [0.1, 0.15) is 0 Å². The quantitative estimate of drug-likeness (QED) is 0.766. The number of nitrogens with one attached hydrogen (secondary N) is 2. The van der Waals surface area contributed by atoms with E-state index in [1.807, 2.05) is 0 Å². The minimum Gasteiger partial charge on any atom is -0.356 e. The molecule has 2 rings (SSSR count). The average Bonchev–Trinajstić information content (AvgIpc) is 2.49. The molecule has 0 spiro atoms. The highest BCUT2D eigenvalue weighted by Crippen LogP contribution is 2.23. The average molecular weight is 293 g/mol. The standard InChI is InChI=1S/C17H31N3O/c1-2-7-15-8-5-9-16-14-17(21)19-12-4-3-10-18-11-6-13-20(15)16/h5,9,15-16,18H,2-4,6-8,10-14H2,1H3,(H,19,21). The summed E-state index contributed by atoms with van der Waals surface area (Å²) in [6.45, 7) is 6.32. The summed E-state index contributed by atoms with van der Waals surface area (Å²) in [5.41, 5.74) is 0. The highest BCUT2D eigenvalue weighted by molar-refractivity contribution is 5.76. The van der Waals surface area contributed by atoms with Crippen LogP contribution in [0.2, 0.25) is 0 Å². The largest absolute Gasteiger partial charge is 0.356 e. The van der Waals surface area contributed by atoms with E-state index in [0.29, 0.717) is 12.5 Å². The number of amides is 1. The van der Waals surface area contributed by atoms with Gasteiger partial charge in [0.2, 0.25) is 5.91 Å². The van der Waals surface area contributed by atoms with Gasteiger partial charge in [0, 0.05) is 31.6 Å². The molecular weight excluding hydrogens is 262 g/mol. The third-order valence-electron chi connectivity index (χ3n) is 4.55. The summed E-state index contributed by atoms with van der Waals surface area (Å²) in [5.74, 6) is 0.207. The number of carbonyl (C=O) groups is 1. The van der Waals surface area contributed by atoms with Crippen molar-refractivity contribution in [1.29, 1.82) is 0 Å². The van der Waals surface area contributed by atoms with Crippen molar-refractivity contribution in [1.82, 2.24) is 15.5 Å². The van der Waals surface area contributed by atoms with E-state index in [1.54, 1.807) is 0 Å². The molecule has 2 aliphatic heterocycles. The molecule has 0 aromatic rings. The van der Waals surface area contributed by atoms with Crippen LogP contribution in [0.3, 0.4) is 0 Å². The van der Waals surface area contributed by atoms with Crippen molar-refractivity contribution in [3.63, 3.8) is 0 Å². The lowest BCUT2D eigenvalue weighted by atomic mass is 9.96. The van der Waals surface area contributed by atoms with Crippen LogP contribution in [-0.2, 0) is 4.79 Å². The Bertz CT molecular complexity index is 343. The summed E-state index contributed by atoms with van der Waals surface area (Å²) in [5, 5.41) is 6.59. The normalized spacial score (nSPS) is 29.7. The second-order valence-corrected chi connectivity index (χ2v) is 6.28. The van der Waals surface area contributed by atoms with Gasteiger partial charge in [-0.1, -0.05) is 25.5 Å². The zero-order valence-corrected chi connectivity index (χ0v) is 13.4. The lowest BCUT2D eigenvalue weighted by molar-refractivity contribution is -0.122. The van der Waals surface area contributed by atoms with Gasteiger partial charge in [0.25, 0.3) is 0 Å². The molecule has 120 valence electrons. The van der Waals surface area contributed by atoms with Gasteiger partial charge in [-0.25, -0.2) is 0 Å². The first-order chi connectivity index (χ1) is 10.3. The van der Waals surface area contributed by atoms with Gasteiger partial charge in [-0.3, -0.25) is 9.69 Å². The topological polar surface area (TPSA) is 44.4 Å². The van der Waals surface area contributed by atoms with E-state index in [2.05, 4.69) is 34.6 Å². The van der Waals surface area contributed by atoms with Crippen LogP contribution in [-0.4, -0.2) is 49.1 Å². The molecule has 4 nitrogen and oxygen atoms in total. The smallest absolute Gasteiger partial charge is 0.221 e. The maximum absolute atomic E-state index is 12.1. The number of rotatable bonds is 2. The van der Waals surface area contributed by atoms with Crippen LogP contribution >= 0.6 is 0 Å². The van der Waals surface area contributed by atoms with Crippen LogP contribution in [0.1, 0.15) is 51.9 Å². The molecule has 2 N–H and O–H groups in total. The zero-order valence-electron chi connectivity index (χ0n) is 13.4. The first-order valence-corrected chi connectivity index (χ1v) is 8.71. The predicted molar refractivity (Wildman–Crippen MR) is 87.3 cm³/mol. The molecule has 0 bridgehead atoms. The van der Waals surface area contributed by atoms with Crippen LogP contribution in [0.4, 0.5) is 0 Å². The third-order valence-corrected chi connectivity index (χ3v) is 4.55. The molecule has 21 heavy (non-hydrogen) atoms. The van der Waals surface area contributed by atoms with E-state index < -0.39 is 0 Å². The zero-order chi connectivity index (χ0) is 14.9. The molecular formula is C17H31N3O. The third kappa shape index (κ3) is 5.44. The molecule has 2 atom stereocenters. The summed E-state index contributed by atoms with van der Waals surface area (Å²) < 4.78 is 0. The Morgan fingerprint density at radius 1 is 1.24 bits per heavy atom. The van der Waals surface area contributed by atoms with E-state index in [1.165, 1.54) is 19.3 Å². The summed E-state index contributed by atoms with van der Waals surface area (Å²) in [6, 6.07) is 0.902. The lowest BCUT2D eigenvalue weighted by Crippen LogP contribution is -2.47. The number of hydrogen-bond acceptors (Lipinski definition) is 3. The van der Waals surface area contributed by atoms with Crippen molar-refractivity contribution in [3.05, 3.63) is 12.2 Å². The monoisotopic (exact) mass is 293 g/mol. The molecule has 0 saturated carbocycles. The minimum absolute atomic E-state index is 0.207. The van der Waals surface area contributed by atoms with Crippen LogP contribution in [0.15, 0.2) is 12.2 Å². The second kappa shape index (κ2) is 9.21. The minimum atomic E-state index is 0.207. The molecule has 4 heteroatoms. The van der Waals surface area contributed by atoms with E-state index >= 15 is 0 Å². The number of fused-ring (bicyclic) bond motifs is 1. The van der Waals surface area contributed by atoms with Crippen molar-refractivity contribution >= 4 is 5.91 Å². The van der Waals surface area contributed by atoms with Crippen molar-refractivity contribution in [2.75, 3.05) is 26.2 Å². The van der Waals surface area contributed by atoms with E-state index in [0.717, 1.165) is 45.4 Å². The summed E-state index contributed by atoms with van der Waals surface area (Å²) in [6.07, 6.45) is 12.1. The van der Waals surface area contributed by atoms with E-state index in [4.69, 9.17) is 0 Å². The molecule has 0 aromatic heterocycles. The van der Waals surface area contributed by atoms with Gasteiger partial charge >= 0.3 is 0 Å². The van der Waals surface area contributed by atoms with E-state index in [9.17, 15) is 4.79 Å². The highest BCUT2D eigenvalue weighted by atomic mass is 16.1. The van der Waals surface area contributed by atoms with Gasteiger partial charge in [-0.2, -0.15) is 0 Å². The van der Waals surface area contributed by atoms with Crippen LogP contribution in [0.5, 0.6) is 0 Å². The maximum atomic E-state index is 12.1. The van der Waals surface area contributed by atoms with Gasteiger partial charge in [-0.05, 0) is 45.2 Å². The Balaban J connectivity index is 2.01. The fraction of sp³-hybridized carbons (Fsp3) is 0.824. The summed E-state index contributed by atoms with van der Waals surface area (Å²) in [4.78, 5) is 14.7. The fourth-order valence-corrected chi connectivity index (χ4v) is 3.44. The van der Waals surface area contributed by atoms with Crippen molar-refractivity contribution in [2.24, 2.45) is 0 Å². The van der Waals surface area contributed by atoms with Gasteiger partial charge in [0.15, 0.2) is 0 Å². The summed E-state index contributed by atoms with van der Waals surface area (Å²) in [7, 11) is 0. The van der Waals surface area contributed by atoms with Crippen molar-refractivity contribution in [3.8, 4) is 0 Å². The fourth-order valence-electron chi connectivity index (χ4n) is 3.44. The van der Waals surface area contributed by atoms with Gasteiger partial charge in [0.05, 0.1) is 0 Å². The number of hydrogen-bond donors (Lipinski definition) is 2. The SMILES string of the molecule is CCCC1CC=CC2CC(=O)NCCCCNCCCN21. The first-order valence-electron chi connectivity index (χ1n) is 8.71. The molecule has 0 aliphatic carbocycles. The maximum Gasteiger partial charge on any atom is 0.221 e. The first kappa shape index (κ1) is 16.5. The molecule has 1 saturated heterocycles. The second-order valence-electron chi connectivity index (χ2n) is 6.28. The van der Waals surface area contributed by atoms with Crippen LogP contribution in [0, 0.1) is 0 Å². The van der Waals surface area contributed by atoms with Crippen molar-refractivity contribution in [2.45, 2.75) is 64.0 Å². The number of carbonyl (C=O) groups excluding carboxylic acids is 1. The van der Waals surface area contributed by atoms with Crippen LogP contribution < -0.4 is 10.6 Å². The van der Waals surface area contributed by atoms with Gasteiger partial charge < -0.3 is 10.6 Å². The molecule has 2 unspecified atom stereocenters. The Kier molecular flexibility index (Phi) is 7.24. The van der Waals surface area contributed by atoms with Crippen molar-refractivity contribution < 1.29 is 4.79 Å². The number of nitrogens with zero attached hydrogens (tertiary/aromatic N) is 1. The Morgan fingerprint density at radius 2 is 2.05 bits per heavy atom.